The van der Waals surface area contributed by atoms with Gasteiger partial charge in [0, 0.05) is 49.6 Å². The van der Waals surface area contributed by atoms with E-state index in [1.807, 2.05) is 6.07 Å². The van der Waals surface area contributed by atoms with E-state index in [1.165, 1.54) is 12.8 Å². The van der Waals surface area contributed by atoms with E-state index in [-0.39, 0.29) is 6.03 Å². The summed E-state index contributed by atoms with van der Waals surface area (Å²) < 4.78 is 2.20. The number of amides is 2. The predicted molar refractivity (Wildman–Crippen MR) is 103 cm³/mol. The highest BCUT2D eigenvalue weighted by Gasteiger charge is 2.15. The second-order valence-electron chi connectivity index (χ2n) is 6.57. The van der Waals surface area contributed by atoms with Gasteiger partial charge in [-0.3, -0.25) is 0 Å². The Morgan fingerprint density at radius 2 is 2.12 bits per heavy atom. The molecule has 1 N–H and O–H groups in total. The van der Waals surface area contributed by atoms with Gasteiger partial charge in [-0.15, -0.1) is 10.2 Å². The molecule has 0 saturated heterocycles. The van der Waals surface area contributed by atoms with Crippen molar-refractivity contribution in [1.82, 2.24) is 25.0 Å². The Labute approximate surface area is 163 Å². The summed E-state index contributed by atoms with van der Waals surface area (Å²) in [6.07, 6.45) is 5.23. The first kappa shape index (κ1) is 19.0. The topological polar surface area (TPSA) is 63.1 Å². The standard InChI is InChI=1S/C18H23Cl2N5O/c1-24(12-13-6-7-14(19)11-15(13)20)18(26)21-9-8-17-23-22-16-5-3-2-4-10-25(16)17/h6-7,11H,2-5,8-10,12H2,1H3,(H,21,26). The van der Waals surface area contributed by atoms with Crippen molar-refractivity contribution in [1.29, 1.82) is 0 Å². The summed E-state index contributed by atoms with van der Waals surface area (Å²) in [6.45, 7) is 1.92. The number of fused-ring (bicyclic) bond motifs is 1. The molecular weight excluding hydrogens is 373 g/mol. The molecule has 2 heterocycles. The number of rotatable bonds is 5. The number of nitrogens with one attached hydrogen (secondary N) is 1. The lowest BCUT2D eigenvalue weighted by Crippen LogP contribution is -2.38. The van der Waals surface area contributed by atoms with Crippen molar-refractivity contribution in [2.45, 2.75) is 45.2 Å². The Morgan fingerprint density at radius 1 is 1.27 bits per heavy atom. The molecule has 6 nitrogen and oxygen atoms in total. The minimum absolute atomic E-state index is 0.147. The fraction of sp³-hybridized carbons (Fsp3) is 0.500. The van der Waals surface area contributed by atoms with E-state index in [9.17, 15) is 4.79 Å². The number of benzene rings is 1. The fourth-order valence-corrected chi connectivity index (χ4v) is 3.59. The van der Waals surface area contributed by atoms with E-state index in [0.717, 1.165) is 36.6 Å². The Hall–Kier alpha value is -1.79. The molecule has 8 heteroatoms. The van der Waals surface area contributed by atoms with Crippen molar-refractivity contribution in [2.24, 2.45) is 0 Å². The Morgan fingerprint density at radius 3 is 2.92 bits per heavy atom. The maximum atomic E-state index is 12.3. The molecule has 26 heavy (non-hydrogen) atoms. The van der Waals surface area contributed by atoms with Gasteiger partial charge in [0.25, 0.3) is 0 Å². The lowest BCUT2D eigenvalue weighted by atomic mass is 10.2. The largest absolute Gasteiger partial charge is 0.338 e. The van der Waals surface area contributed by atoms with Gasteiger partial charge in [-0.1, -0.05) is 35.7 Å². The number of carbonyl (C=O) groups is 1. The zero-order chi connectivity index (χ0) is 18.5. The normalized spacial score (nSPS) is 13.8. The monoisotopic (exact) mass is 395 g/mol. The van der Waals surface area contributed by atoms with Gasteiger partial charge in [0.15, 0.2) is 0 Å². The van der Waals surface area contributed by atoms with E-state index in [2.05, 4.69) is 20.1 Å². The smallest absolute Gasteiger partial charge is 0.317 e. The molecule has 1 aliphatic rings. The molecule has 1 aromatic carbocycles. The quantitative estimate of drug-likeness (QED) is 0.839. The van der Waals surface area contributed by atoms with Crippen LogP contribution < -0.4 is 5.32 Å². The van der Waals surface area contributed by atoms with Gasteiger partial charge in [-0.2, -0.15) is 0 Å². The van der Waals surface area contributed by atoms with Gasteiger partial charge in [0.05, 0.1) is 0 Å². The number of urea groups is 1. The van der Waals surface area contributed by atoms with E-state index >= 15 is 0 Å². The molecule has 0 spiro atoms. The third-order valence-corrected chi connectivity index (χ3v) is 5.17. The first-order valence-electron chi connectivity index (χ1n) is 8.88. The minimum Gasteiger partial charge on any atom is -0.338 e. The van der Waals surface area contributed by atoms with Crippen LogP contribution in [0.4, 0.5) is 4.79 Å². The second kappa shape index (κ2) is 8.73. The molecule has 0 unspecified atom stereocenters. The van der Waals surface area contributed by atoms with Gasteiger partial charge in [-0.25, -0.2) is 4.79 Å². The Kier molecular flexibility index (Phi) is 6.38. The molecule has 3 rings (SSSR count). The molecule has 2 aromatic rings. The molecular formula is C18H23Cl2N5O. The molecule has 0 saturated carbocycles. The molecule has 0 radical (unpaired) electrons. The van der Waals surface area contributed by atoms with E-state index in [4.69, 9.17) is 23.2 Å². The van der Waals surface area contributed by atoms with Crippen LogP contribution in [0.1, 0.15) is 36.5 Å². The predicted octanol–water partition coefficient (Wildman–Crippen LogP) is 3.70. The zero-order valence-electron chi connectivity index (χ0n) is 14.8. The number of aromatic nitrogens is 3. The fourth-order valence-electron chi connectivity index (χ4n) is 3.12. The first-order valence-corrected chi connectivity index (χ1v) is 9.64. The lowest BCUT2D eigenvalue weighted by molar-refractivity contribution is 0.207. The van der Waals surface area contributed by atoms with Crippen molar-refractivity contribution < 1.29 is 4.79 Å². The summed E-state index contributed by atoms with van der Waals surface area (Å²) in [6, 6.07) is 5.14. The highest BCUT2D eigenvalue weighted by molar-refractivity contribution is 6.35. The minimum atomic E-state index is -0.147. The first-order chi connectivity index (χ1) is 12.5. The molecule has 0 bridgehead atoms. The molecule has 2 amide bonds. The van der Waals surface area contributed by atoms with E-state index in [0.29, 0.717) is 29.6 Å². The van der Waals surface area contributed by atoms with Crippen molar-refractivity contribution in [2.75, 3.05) is 13.6 Å². The summed E-state index contributed by atoms with van der Waals surface area (Å²) in [7, 11) is 1.74. The SMILES string of the molecule is CN(Cc1ccc(Cl)cc1Cl)C(=O)NCCc1nnc2n1CCCCC2. The van der Waals surface area contributed by atoms with Crippen LogP contribution in [0, 0.1) is 0 Å². The van der Waals surface area contributed by atoms with Crippen molar-refractivity contribution in [3.8, 4) is 0 Å². The molecule has 1 aromatic heterocycles. The van der Waals surface area contributed by atoms with Gasteiger partial charge in [0.2, 0.25) is 0 Å². The summed E-state index contributed by atoms with van der Waals surface area (Å²) in [5, 5.41) is 12.6. The van der Waals surface area contributed by atoms with Crippen LogP contribution >= 0.6 is 23.2 Å². The van der Waals surface area contributed by atoms with Crippen molar-refractivity contribution in [3.05, 3.63) is 45.5 Å². The maximum Gasteiger partial charge on any atom is 0.317 e. The summed E-state index contributed by atoms with van der Waals surface area (Å²) >= 11 is 12.1. The number of halogens is 2. The number of hydrogen-bond donors (Lipinski definition) is 1. The van der Waals surface area contributed by atoms with Crippen LogP contribution in [-0.4, -0.2) is 39.3 Å². The number of nitrogens with zero attached hydrogens (tertiary/aromatic N) is 4. The number of carbonyl (C=O) groups excluding carboxylic acids is 1. The average Bonchev–Trinajstić information content (AvgIpc) is 2.84. The average molecular weight is 396 g/mol. The summed E-state index contributed by atoms with van der Waals surface area (Å²) in [5.74, 6) is 2.02. The van der Waals surface area contributed by atoms with E-state index in [1.54, 1.807) is 24.1 Å². The molecule has 1 aliphatic heterocycles. The maximum absolute atomic E-state index is 12.3. The molecule has 0 atom stereocenters. The van der Waals surface area contributed by atoms with Crippen LogP contribution in [0.2, 0.25) is 10.0 Å². The second-order valence-corrected chi connectivity index (χ2v) is 7.41. The lowest BCUT2D eigenvalue weighted by Gasteiger charge is -2.19. The van der Waals surface area contributed by atoms with Crippen LogP contribution in [0.3, 0.4) is 0 Å². The zero-order valence-corrected chi connectivity index (χ0v) is 16.4. The Bertz CT molecular complexity index is 777. The third-order valence-electron chi connectivity index (χ3n) is 4.58. The van der Waals surface area contributed by atoms with Crippen LogP contribution in [-0.2, 0) is 25.9 Å². The van der Waals surface area contributed by atoms with Crippen LogP contribution in [0.25, 0.3) is 0 Å². The van der Waals surface area contributed by atoms with E-state index < -0.39 is 0 Å². The molecule has 140 valence electrons. The number of aryl methyl sites for hydroxylation is 1. The van der Waals surface area contributed by atoms with Crippen molar-refractivity contribution in [3.63, 3.8) is 0 Å². The molecule has 0 fully saturated rings. The summed E-state index contributed by atoms with van der Waals surface area (Å²) in [4.78, 5) is 13.9. The van der Waals surface area contributed by atoms with Gasteiger partial charge in [0.1, 0.15) is 11.6 Å². The summed E-state index contributed by atoms with van der Waals surface area (Å²) in [5.41, 5.74) is 0.858. The Balaban J connectivity index is 1.50. The molecule has 0 aliphatic carbocycles. The van der Waals surface area contributed by atoms with Gasteiger partial charge < -0.3 is 14.8 Å². The third kappa shape index (κ3) is 4.68. The van der Waals surface area contributed by atoms with Gasteiger partial charge in [-0.05, 0) is 30.5 Å². The highest BCUT2D eigenvalue weighted by Crippen LogP contribution is 2.22. The van der Waals surface area contributed by atoms with Crippen LogP contribution in [0.5, 0.6) is 0 Å². The van der Waals surface area contributed by atoms with Crippen molar-refractivity contribution >= 4 is 29.2 Å². The van der Waals surface area contributed by atoms with Crippen LogP contribution in [0.15, 0.2) is 18.2 Å². The highest BCUT2D eigenvalue weighted by atomic mass is 35.5. The number of hydrogen-bond acceptors (Lipinski definition) is 3. The van der Waals surface area contributed by atoms with Gasteiger partial charge >= 0.3 is 6.03 Å².